The number of thiocarbonyl (C=S) groups is 1. The van der Waals surface area contributed by atoms with Gasteiger partial charge in [-0.05, 0) is 51.7 Å². The normalized spacial score (nSPS) is 17.5. The van der Waals surface area contributed by atoms with Crippen molar-refractivity contribution in [1.82, 2.24) is 15.3 Å². The molecular formula is C15H28N4O2S. The average Bonchev–Trinajstić information content (AvgIpc) is 2.43. The largest absolute Gasteiger partial charge is 0.369 e. The van der Waals surface area contributed by atoms with Gasteiger partial charge < -0.3 is 15.1 Å². The lowest BCUT2D eigenvalue weighted by Crippen LogP contribution is -2.41. The Kier molecular flexibility index (Phi) is 7.22. The SMILES string of the molecule is CN(C)C=NC(=S)NCC1CCN(OC(=O)C(C)(C)C)CC1. The van der Waals surface area contributed by atoms with Gasteiger partial charge in [0.05, 0.1) is 11.8 Å². The van der Waals surface area contributed by atoms with Gasteiger partial charge in [0, 0.05) is 33.7 Å². The second kappa shape index (κ2) is 8.43. The van der Waals surface area contributed by atoms with Crippen LogP contribution < -0.4 is 5.32 Å². The first-order valence-corrected chi connectivity index (χ1v) is 8.05. The van der Waals surface area contributed by atoms with E-state index in [2.05, 4.69) is 10.3 Å². The van der Waals surface area contributed by atoms with Crippen molar-refractivity contribution in [2.24, 2.45) is 16.3 Å². The molecule has 0 bridgehead atoms. The number of rotatable bonds is 4. The van der Waals surface area contributed by atoms with Crippen molar-refractivity contribution in [2.45, 2.75) is 33.6 Å². The number of nitrogens with zero attached hydrogens (tertiary/aromatic N) is 3. The van der Waals surface area contributed by atoms with E-state index in [1.807, 2.05) is 39.8 Å². The minimum absolute atomic E-state index is 0.178. The summed E-state index contributed by atoms with van der Waals surface area (Å²) in [5.41, 5.74) is -0.463. The Balaban J connectivity index is 2.26. The maximum Gasteiger partial charge on any atom is 0.330 e. The molecule has 0 unspecified atom stereocenters. The van der Waals surface area contributed by atoms with Gasteiger partial charge in [0.2, 0.25) is 0 Å². The predicted octanol–water partition coefficient (Wildman–Crippen LogP) is 1.67. The van der Waals surface area contributed by atoms with Crippen LogP contribution in [0.2, 0.25) is 0 Å². The van der Waals surface area contributed by atoms with Gasteiger partial charge in [-0.2, -0.15) is 0 Å². The van der Waals surface area contributed by atoms with Gasteiger partial charge in [-0.15, -0.1) is 5.06 Å². The first kappa shape index (κ1) is 18.8. The zero-order chi connectivity index (χ0) is 16.8. The first-order valence-electron chi connectivity index (χ1n) is 7.64. The van der Waals surface area contributed by atoms with Crippen LogP contribution in [0.3, 0.4) is 0 Å². The quantitative estimate of drug-likeness (QED) is 0.481. The lowest BCUT2D eigenvalue weighted by atomic mass is 9.97. The van der Waals surface area contributed by atoms with Crippen LogP contribution in [0.25, 0.3) is 0 Å². The minimum atomic E-state index is -0.463. The van der Waals surface area contributed by atoms with E-state index < -0.39 is 5.41 Å². The molecule has 0 aliphatic carbocycles. The summed E-state index contributed by atoms with van der Waals surface area (Å²) >= 11 is 5.15. The molecule has 126 valence electrons. The molecule has 7 heteroatoms. The fraction of sp³-hybridized carbons (Fsp3) is 0.800. The van der Waals surface area contributed by atoms with Crippen LogP contribution >= 0.6 is 12.2 Å². The molecule has 0 aromatic rings. The summed E-state index contributed by atoms with van der Waals surface area (Å²) in [6.45, 7) is 7.93. The molecule has 6 nitrogen and oxygen atoms in total. The van der Waals surface area contributed by atoms with Gasteiger partial charge in [0.15, 0.2) is 5.11 Å². The molecule has 0 aromatic heterocycles. The maximum absolute atomic E-state index is 11.8. The monoisotopic (exact) mass is 328 g/mol. The number of hydroxylamine groups is 2. The highest BCUT2D eigenvalue weighted by Gasteiger charge is 2.28. The maximum atomic E-state index is 11.8. The van der Waals surface area contributed by atoms with Crippen LogP contribution in [-0.2, 0) is 9.63 Å². The van der Waals surface area contributed by atoms with E-state index in [0.717, 1.165) is 32.5 Å². The zero-order valence-corrected chi connectivity index (χ0v) is 15.1. The topological polar surface area (TPSA) is 57.2 Å². The highest BCUT2D eigenvalue weighted by atomic mass is 32.1. The van der Waals surface area contributed by atoms with Crippen LogP contribution in [0.5, 0.6) is 0 Å². The van der Waals surface area contributed by atoms with Crippen molar-refractivity contribution in [3.05, 3.63) is 0 Å². The van der Waals surface area contributed by atoms with Gasteiger partial charge >= 0.3 is 5.97 Å². The Morgan fingerprint density at radius 2 is 2.00 bits per heavy atom. The van der Waals surface area contributed by atoms with Crippen LogP contribution in [0, 0.1) is 11.3 Å². The van der Waals surface area contributed by atoms with Crippen molar-refractivity contribution in [3.8, 4) is 0 Å². The summed E-state index contributed by atoms with van der Waals surface area (Å²) < 4.78 is 0. The third-order valence-electron chi connectivity index (χ3n) is 3.35. The van der Waals surface area contributed by atoms with E-state index in [1.165, 1.54) is 0 Å². The van der Waals surface area contributed by atoms with Crippen LogP contribution in [0.1, 0.15) is 33.6 Å². The van der Waals surface area contributed by atoms with Crippen LogP contribution in [0.4, 0.5) is 0 Å². The lowest BCUT2D eigenvalue weighted by Gasteiger charge is -2.32. The molecule has 0 radical (unpaired) electrons. The Morgan fingerprint density at radius 3 is 2.50 bits per heavy atom. The Morgan fingerprint density at radius 1 is 1.41 bits per heavy atom. The second-order valence-electron chi connectivity index (χ2n) is 6.90. The molecule has 0 spiro atoms. The number of hydrogen-bond donors (Lipinski definition) is 1. The summed E-state index contributed by atoms with van der Waals surface area (Å²) in [6, 6.07) is 0. The summed E-state index contributed by atoms with van der Waals surface area (Å²) in [6.07, 6.45) is 3.64. The minimum Gasteiger partial charge on any atom is -0.369 e. The summed E-state index contributed by atoms with van der Waals surface area (Å²) in [5.74, 6) is 0.348. The number of piperidine rings is 1. The third kappa shape index (κ3) is 7.17. The van der Waals surface area contributed by atoms with Gasteiger partial charge in [-0.25, -0.2) is 9.79 Å². The van der Waals surface area contributed by atoms with Crippen molar-refractivity contribution >= 4 is 29.6 Å². The van der Waals surface area contributed by atoms with E-state index in [0.29, 0.717) is 11.0 Å². The van der Waals surface area contributed by atoms with Crippen molar-refractivity contribution in [1.29, 1.82) is 0 Å². The standard InChI is InChI=1S/C15H28N4O2S/c1-15(2,3)13(20)21-19-8-6-12(7-9-19)10-16-14(22)17-11-18(4)5/h11-12H,6-10H2,1-5H3,(H,16,22). The smallest absolute Gasteiger partial charge is 0.330 e. The number of aliphatic imine (C=N–C) groups is 1. The van der Waals surface area contributed by atoms with Crippen molar-refractivity contribution in [3.63, 3.8) is 0 Å². The molecule has 1 aliphatic heterocycles. The lowest BCUT2D eigenvalue weighted by molar-refractivity contribution is -0.205. The fourth-order valence-electron chi connectivity index (χ4n) is 1.90. The Hall–Kier alpha value is -1.21. The third-order valence-corrected chi connectivity index (χ3v) is 3.60. The molecule has 1 aliphatic rings. The van der Waals surface area contributed by atoms with E-state index in [1.54, 1.807) is 11.4 Å². The molecule has 0 amide bonds. The molecule has 0 saturated carbocycles. The van der Waals surface area contributed by atoms with Crippen molar-refractivity contribution in [2.75, 3.05) is 33.7 Å². The molecule has 1 N–H and O–H groups in total. The molecular weight excluding hydrogens is 300 g/mol. The average molecular weight is 328 g/mol. The molecule has 0 atom stereocenters. The van der Waals surface area contributed by atoms with Gasteiger partial charge in [0.25, 0.3) is 0 Å². The summed E-state index contributed by atoms with van der Waals surface area (Å²) in [4.78, 5) is 23.2. The van der Waals surface area contributed by atoms with Gasteiger partial charge in [-0.1, -0.05) is 0 Å². The summed E-state index contributed by atoms with van der Waals surface area (Å²) in [5, 5.41) is 5.45. The van der Waals surface area contributed by atoms with E-state index in [-0.39, 0.29) is 5.97 Å². The number of nitrogens with one attached hydrogen (secondary N) is 1. The molecule has 0 aromatic carbocycles. The predicted molar refractivity (Wildman–Crippen MR) is 92.6 cm³/mol. The Labute approximate surface area is 138 Å². The van der Waals surface area contributed by atoms with E-state index in [4.69, 9.17) is 17.1 Å². The van der Waals surface area contributed by atoms with Crippen molar-refractivity contribution < 1.29 is 9.63 Å². The second-order valence-corrected chi connectivity index (χ2v) is 7.28. The molecule has 1 saturated heterocycles. The highest BCUT2D eigenvalue weighted by molar-refractivity contribution is 7.80. The van der Waals surface area contributed by atoms with E-state index in [9.17, 15) is 4.79 Å². The number of carbonyl (C=O) groups excluding carboxylic acids is 1. The van der Waals surface area contributed by atoms with Gasteiger partial charge in [0.1, 0.15) is 0 Å². The molecule has 1 rings (SSSR count). The molecule has 22 heavy (non-hydrogen) atoms. The Bertz CT molecular complexity index is 410. The van der Waals surface area contributed by atoms with Gasteiger partial charge in [-0.3, -0.25) is 0 Å². The summed E-state index contributed by atoms with van der Waals surface area (Å²) in [7, 11) is 3.81. The number of carbonyl (C=O) groups is 1. The number of hydrogen-bond acceptors (Lipinski definition) is 4. The highest BCUT2D eigenvalue weighted by Crippen LogP contribution is 2.20. The fourth-order valence-corrected chi connectivity index (χ4v) is 2.03. The van der Waals surface area contributed by atoms with Crippen LogP contribution in [-0.4, -0.2) is 61.1 Å². The first-order chi connectivity index (χ1) is 10.2. The van der Waals surface area contributed by atoms with E-state index >= 15 is 0 Å². The zero-order valence-electron chi connectivity index (χ0n) is 14.3. The van der Waals surface area contributed by atoms with Crippen LogP contribution in [0.15, 0.2) is 4.99 Å². The molecule has 1 fully saturated rings. The molecule has 1 heterocycles.